The molecule has 1 N–H and O–H groups in total. The number of piperidine rings is 1. The number of nitrogens with one attached hydrogen (secondary N) is 1. The average Bonchev–Trinajstić information content (AvgIpc) is 2.81. The maximum atomic E-state index is 11.9. The van der Waals surface area contributed by atoms with Crippen LogP contribution < -0.4 is 19.5 Å². The van der Waals surface area contributed by atoms with Crippen LogP contribution in [0.2, 0.25) is 0 Å². The van der Waals surface area contributed by atoms with E-state index in [1.807, 2.05) is 6.92 Å². The van der Waals surface area contributed by atoms with Crippen LogP contribution in [-0.2, 0) is 19.4 Å². The normalized spacial score (nSPS) is 14.8. The van der Waals surface area contributed by atoms with E-state index >= 15 is 0 Å². The van der Waals surface area contributed by atoms with Crippen LogP contribution in [0.5, 0.6) is 17.2 Å². The second-order valence-corrected chi connectivity index (χ2v) is 10.4. The maximum Gasteiger partial charge on any atom is 0.528 e. The van der Waals surface area contributed by atoms with Gasteiger partial charge in [-0.2, -0.15) is 0 Å². The van der Waals surface area contributed by atoms with Gasteiger partial charge < -0.3 is 29.1 Å². The van der Waals surface area contributed by atoms with Gasteiger partial charge >= 0.3 is 6.16 Å². The number of rotatable bonds is 10. The van der Waals surface area contributed by atoms with Crippen molar-refractivity contribution in [1.82, 2.24) is 10.0 Å². The number of benzene rings is 1. The number of ether oxygens (including phenoxy) is 4. The van der Waals surface area contributed by atoms with Crippen molar-refractivity contribution in [3.8, 4) is 17.2 Å². The van der Waals surface area contributed by atoms with Gasteiger partial charge in [0.1, 0.15) is 11.9 Å². The van der Waals surface area contributed by atoms with E-state index < -0.39 is 16.0 Å². The number of methoxy groups -OCH3 is 1. The van der Waals surface area contributed by atoms with E-state index in [0.29, 0.717) is 61.3 Å². The number of carbonyl (C=O) groups is 1. The van der Waals surface area contributed by atoms with Crippen molar-refractivity contribution in [2.24, 2.45) is 0 Å². The van der Waals surface area contributed by atoms with Crippen molar-refractivity contribution in [1.29, 1.82) is 0 Å². The van der Waals surface area contributed by atoms with E-state index in [4.69, 9.17) is 23.8 Å². The molecule has 0 unspecified atom stereocenters. The van der Waals surface area contributed by atoms with E-state index in [1.54, 1.807) is 37.2 Å². The Labute approximate surface area is 211 Å². The Morgan fingerprint density at radius 3 is 2.53 bits per heavy atom. The summed E-state index contributed by atoms with van der Waals surface area (Å²) < 4.78 is 46.3. The molecular weight excluding hydrogens is 490 g/mol. The molecule has 0 atom stereocenters. The zero-order valence-electron chi connectivity index (χ0n) is 21.1. The first-order valence-electron chi connectivity index (χ1n) is 11.7. The van der Waals surface area contributed by atoms with Crippen LogP contribution in [0.1, 0.15) is 33.6 Å². The first-order valence-corrected chi connectivity index (χ1v) is 13.6. The molecular formula is C24H33N3O8S. The van der Waals surface area contributed by atoms with E-state index in [-0.39, 0.29) is 17.1 Å². The molecule has 0 spiro atoms. The van der Waals surface area contributed by atoms with Crippen molar-refractivity contribution >= 4 is 27.5 Å². The molecule has 0 bridgehead atoms. The third-order valence-corrected chi connectivity index (χ3v) is 6.35. The molecule has 1 aliphatic rings. The first kappa shape index (κ1) is 27.3. The van der Waals surface area contributed by atoms with Crippen LogP contribution in [0.4, 0.5) is 16.3 Å². The molecule has 0 aliphatic carbocycles. The Kier molecular flexibility index (Phi) is 9.21. The number of pyridine rings is 1. The van der Waals surface area contributed by atoms with Crippen molar-refractivity contribution in [2.45, 2.75) is 50.7 Å². The van der Waals surface area contributed by atoms with Gasteiger partial charge in [0.15, 0.2) is 21.4 Å². The summed E-state index contributed by atoms with van der Waals surface area (Å²) in [5, 5.41) is 4.73. The van der Waals surface area contributed by atoms with E-state index in [9.17, 15) is 13.2 Å². The highest BCUT2D eigenvalue weighted by atomic mass is 32.2. The summed E-state index contributed by atoms with van der Waals surface area (Å²) >= 11 is 0. The lowest BCUT2D eigenvalue weighted by Gasteiger charge is -2.31. The van der Waals surface area contributed by atoms with Gasteiger partial charge in [0.05, 0.1) is 30.4 Å². The van der Waals surface area contributed by atoms with Crippen LogP contribution in [0.25, 0.3) is 0 Å². The monoisotopic (exact) mass is 523 g/mol. The number of anilines is 2. The molecule has 0 amide bonds. The number of hydroxylamine groups is 2. The molecule has 198 valence electrons. The Morgan fingerprint density at radius 2 is 1.92 bits per heavy atom. The third kappa shape index (κ3) is 7.37. The zero-order valence-corrected chi connectivity index (χ0v) is 22.0. The van der Waals surface area contributed by atoms with E-state index in [1.165, 1.54) is 19.2 Å². The van der Waals surface area contributed by atoms with Crippen molar-refractivity contribution < 1.29 is 37.0 Å². The summed E-state index contributed by atoms with van der Waals surface area (Å²) in [6.07, 6.45) is 2.91. The summed E-state index contributed by atoms with van der Waals surface area (Å²) in [5.74, 6) is 1.68. The second kappa shape index (κ2) is 12.1. The second-order valence-electron chi connectivity index (χ2n) is 8.43. The lowest BCUT2D eigenvalue weighted by Crippen LogP contribution is -2.39. The molecule has 2 heterocycles. The summed E-state index contributed by atoms with van der Waals surface area (Å²) in [5.41, 5.74) is 0.522. The van der Waals surface area contributed by atoms with Gasteiger partial charge in [-0.25, -0.2) is 18.2 Å². The van der Waals surface area contributed by atoms with Gasteiger partial charge in [-0.05, 0) is 32.9 Å². The number of hydrogen-bond acceptors (Lipinski definition) is 11. The molecule has 1 fully saturated rings. The largest absolute Gasteiger partial charge is 0.528 e. The van der Waals surface area contributed by atoms with Crippen LogP contribution >= 0.6 is 0 Å². The number of carbonyl (C=O) groups excluding carboxylic acids is 1. The minimum absolute atomic E-state index is 0.121. The minimum atomic E-state index is -3.39. The molecule has 1 saturated heterocycles. The van der Waals surface area contributed by atoms with E-state index in [0.717, 1.165) is 6.26 Å². The Hall–Kier alpha value is -3.25. The SMILES string of the molecule is CCOc1c(OC2CCN(OC(=O)OC(C)C)CC2)ccnc1Nc1ccc(S(C)(=O)=O)cc1OC. The van der Waals surface area contributed by atoms with Crippen LogP contribution in [0.15, 0.2) is 35.4 Å². The zero-order chi connectivity index (χ0) is 26.3. The summed E-state index contributed by atoms with van der Waals surface area (Å²) in [6, 6.07) is 6.28. The average molecular weight is 524 g/mol. The number of hydrogen-bond donors (Lipinski definition) is 1. The molecule has 1 aromatic carbocycles. The first-order chi connectivity index (χ1) is 17.1. The molecule has 0 saturated carbocycles. The Balaban J connectivity index is 1.72. The van der Waals surface area contributed by atoms with Crippen LogP contribution in [0.3, 0.4) is 0 Å². The van der Waals surface area contributed by atoms with Crippen LogP contribution in [0, 0.1) is 0 Å². The maximum absolute atomic E-state index is 11.9. The minimum Gasteiger partial charge on any atom is -0.495 e. The highest BCUT2D eigenvalue weighted by Gasteiger charge is 2.26. The van der Waals surface area contributed by atoms with Gasteiger partial charge in [-0.1, -0.05) is 0 Å². The quantitative estimate of drug-likeness (QED) is 0.455. The molecule has 12 heteroatoms. The highest BCUT2D eigenvalue weighted by Crippen LogP contribution is 2.39. The molecule has 2 aromatic rings. The predicted molar refractivity (Wildman–Crippen MR) is 133 cm³/mol. The highest BCUT2D eigenvalue weighted by molar-refractivity contribution is 7.90. The Morgan fingerprint density at radius 1 is 1.19 bits per heavy atom. The predicted octanol–water partition coefficient (Wildman–Crippen LogP) is 3.96. The summed E-state index contributed by atoms with van der Waals surface area (Å²) in [6.45, 7) is 6.76. The van der Waals surface area contributed by atoms with Gasteiger partial charge in [0.25, 0.3) is 0 Å². The lowest BCUT2D eigenvalue weighted by atomic mass is 10.1. The summed E-state index contributed by atoms with van der Waals surface area (Å²) in [7, 11) is -1.93. The number of nitrogens with zero attached hydrogens (tertiary/aromatic N) is 2. The van der Waals surface area contributed by atoms with Gasteiger partial charge in [-0.15, -0.1) is 5.06 Å². The molecule has 1 aromatic heterocycles. The van der Waals surface area contributed by atoms with Crippen molar-refractivity contribution in [3.05, 3.63) is 30.5 Å². The molecule has 1 aliphatic heterocycles. The fraction of sp³-hybridized carbons (Fsp3) is 0.500. The standard InChI is InChI=1S/C24H33N3O8S/c1-6-32-22-20(34-17-10-13-27(14-11-17)35-24(28)33-16(2)3)9-12-25-23(22)26-19-8-7-18(36(5,29)30)15-21(19)31-4/h7-9,12,15-17H,6,10-11,13-14H2,1-5H3,(H,25,26). The molecule has 36 heavy (non-hydrogen) atoms. The topological polar surface area (TPSA) is 126 Å². The number of aromatic nitrogens is 1. The summed E-state index contributed by atoms with van der Waals surface area (Å²) in [4.78, 5) is 21.5. The molecule has 11 nitrogen and oxygen atoms in total. The third-order valence-electron chi connectivity index (χ3n) is 5.24. The van der Waals surface area contributed by atoms with Gasteiger partial charge in [-0.3, -0.25) is 0 Å². The fourth-order valence-electron chi connectivity index (χ4n) is 3.57. The van der Waals surface area contributed by atoms with Crippen LogP contribution in [-0.4, -0.2) is 69.9 Å². The lowest BCUT2D eigenvalue weighted by molar-refractivity contribution is -0.151. The van der Waals surface area contributed by atoms with Gasteiger partial charge in [0, 0.05) is 50.5 Å². The number of sulfone groups is 1. The smallest absolute Gasteiger partial charge is 0.495 e. The Bertz CT molecular complexity index is 1150. The molecule has 3 rings (SSSR count). The fourth-order valence-corrected chi connectivity index (χ4v) is 4.21. The van der Waals surface area contributed by atoms with Crippen molar-refractivity contribution in [3.63, 3.8) is 0 Å². The van der Waals surface area contributed by atoms with E-state index in [2.05, 4.69) is 10.3 Å². The molecule has 0 radical (unpaired) electrons. The van der Waals surface area contributed by atoms with Crippen molar-refractivity contribution in [2.75, 3.05) is 38.4 Å². The van der Waals surface area contributed by atoms with Gasteiger partial charge in [0.2, 0.25) is 5.75 Å².